The number of carboxylic acids is 1. The lowest BCUT2D eigenvalue weighted by Crippen LogP contribution is -2.34. The summed E-state index contributed by atoms with van der Waals surface area (Å²) in [7, 11) is -3.86. The van der Waals surface area contributed by atoms with E-state index in [0.717, 1.165) is 25.7 Å². The van der Waals surface area contributed by atoms with Gasteiger partial charge in [0.05, 0.1) is 10.0 Å². The Balaban J connectivity index is 2.00. The quantitative estimate of drug-likeness (QED) is 0.368. The van der Waals surface area contributed by atoms with Gasteiger partial charge in [0.1, 0.15) is 4.90 Å². The fourth-order valence-electron chi connectivity index (χ4n) is 3.46. The Kier molecular flexibility index (Phi) is 9.09. The predicted octanol–water partition coefficient (Wildman–Crippen LogP) is 5.54. The van der Waals surface area contributed by atoms with Crippen LogP contribution in [0.25, 0.3) is 0 Å². The third-order valence-corrected chi connectivity index (χ3v) is 7.44. The predicted molar refractivity (Wildman–Crippen MR) is 113 cm³/mol. The zero-order valence-corrected chi connectivity index (χ0v) is 18.4. The van der Waals surface area contributed by atoms with Gasteiger partial charge in [-0.3, -0.25) is 4.79 Å². The van der Waals surface area contributed by atoms with Crippen LogP contribution in [0.15, 0.2) is 29.2 Å². The maximum Gasteiger partial charge on any atom is 0.303 e. The standard InChI is InChI=1S/C19H24Cl3NO4S/c20-15-10-16(21)19(17(22)11-15)28(26,27)23-12-14-8-5-4-7-13(14)6-2-1-3-9-18(24)25/h2,6,10-11,13-14,23H,1,3-5,7-9,12H2,(H,24,25)/b6-2-. The Bertz CT molecular complexity index is 803. The van der Waals surface area contributed by atoms with E-state index < -0.39 is 16.0 Å². The minimum Gasteiger partial charge on any atom is -0.481 e. The van der Waals surface area contributed by atoms with Crippen LogP contribution in [0, 0.1) is 11.8 Å². The first-order valence-corrected chi connectivity index (χ1v) is 11.8. The SMILES string of the molecule is O=C(O)CCC/C=C\C1CCCCC1CNS(=O)(=O)c1c(Cl)cc(Cl)cc1Cl. The number of nitrogens with one attached hydrogen (secondary N) is 1. The first-order valence-electron chi connectivity index (χ1n) is 9.23. The molecule has 0 saturated heterocycles. The van der Waals surface area contributed by atoms with Crippen LogP contribution >= 0.6 is 34.8 Å². The van der Waals surface area contributed by atoms with E-state index in [1.165, 1.54) is 12.1 Å². The van der Waals surface area contributed by atoms with E-state index in [0.29, 0.717) is 19.4 Å². The average molecular weight is 469 g/mol. The molecule has 156 valence electrons. The van der Waals surface area contributed by atoms with Gasteiger partial charge in [-0.1, -0.05) is 59.8 Å². The van der Waals surface area contributed by atoms with Gasteiger partial charge in [-0.2, -0.15) is 0 Å². The van der Waals surface area contributed by atoms with Gasteiger partial charge >= 0.3 is 5.97 Å². The van der Waals surface area contributed by atoms with Crippen LogP contribution in [0.2, 0.25) is 15.1 Å². The maximum atomic E-state index is 12.7. The van der Waals surface area contributed by atoms with Gasteiger partial charge in [0, 0.05) is 18.0 Å². The molecule has 1 saturated carbocycles. The Morgan fingerprint density at radius 1 is 1.18 bits per heavy atom. The summed E-state index contributed by atoms with van der Waals surface area (Å²) in [6, 6.07) is 2.71. The Morgan fingerprint density at radius 3 is 2.46 bits per heavy atom. The molecule has 2 unspecified atom stereocenters. The highest BCUT2D eigenvalue weighted by atomic mass is 35.5. The molecule has 9 heteroatoms. The number of hydrogen-bond acceptors (Lipinski definition) is 3. The van der Waals surface area contributed by atoms with E-state index in [9.17, 15) is 13.2 Å². The van der Waals surface area contributed by atoms with Crippen LogP contribution in [0.5, 0.6) is 0 Å². The largest absolute Gasteiger partial charge is 0.481 e. The highest BCUT2D eigenvalue weighted by Crippen LogP contribution is 2.34. The van der Waals surface area contributed by atoms with E-state index in [4.69, 9.17) is 39.9 Å². The first-order chi connectivity index (χ1) is 13.2. The summed E-state index contributed by atoms with van der Waals surface area (Å²) >= 11 is 18.0. The number of unbranched alkanes of at least 4 members (excludes halogenated alkanes) is 1. The van der Waals surface area contributed by atoms with Crippen molar-refractivity contribution in [3.63, 3.8) is 0 Å². The molecule has 2 rings (SSSR count). The molecule has 0 radical (unpaired) electrons. The number of carbonyl (C=O) groups is 1. The molecular formula is C19H24Cl3NO4S. The molecule has 0 aliphatic heterocycles. The van der Waals surface area contributed by atoms with Crippen molar-refractivity contribution in [3.05, 3.63) is 39.4 Å². The van der Waals surface area contributed by atoms with Crippen LogP contribution in [-0.4, -0.2) is 26.0 Å². The second-order valence-electron chi connectivity index (χ2n) is 6.97. The van der Waals surface area contributed by atoms with Crippen molar-refractivity contribution in [2.75, 3.05) is 6.54 Å². The zero-order chi connectivity index (χ0) is 20.7. The summed E-state index contributed by atoms with van der Waals surface area (Å²) in [5, 5.41) is 8.93. The average Bonchev–Trinajstić information content (AvgIpc) is 2.59. The molecule has 1 fully saturated rings. The van der Waals surface area contributed by atoms with Gasteiger partial charge < -0.3 is 5.11 Å². The molecule has 0 bridgehead atoms. The van der Waals surface area contributed by atoms with Gasteiger partial charge in [0.25, 0.3) is 0 Å². The number of benzene rings is 1. The van der Waals surface area contributed by atoms with Gasteiger partial charge in [0.15, 0.2) is 0 Å². The van der Waals surface area contributed by atoms with E-state index in [2.05, 4.69) is 10.8 Å². The van der Waals surface area contributed by atoms with E-state index >= 15 is 0 Å². The van der Waals surface area contributed by atoms with Crippen molar-refractivity contribution in [3.8, 4) is 0 Å². The van der Waals surface area contributed by atoms with Gasteiger partial charge in [-0.05, 0) is 49.7 Å². The van der Waals surface area contributed by atoms with Crippen molar-refractivity contribution in [1.82, 2.24) is 4.72 Å². The molecule has 0 heterocycles. The normalized spacial score (nSPS) is 20.5. The molecule has 1 aromatic carbocycles. The van der Waals surface area contributed by atoms with Crippen molar-refractivity contribution in [2.24, 2.45) is 11.8 Å². The van der Waals surface area contributed by atoms with E-state index in [-0.39, 0.29) is 38.2 Å². The second kappa shape index (κ2) is 10.8. The summed E-state index contributed by atoms with van der Waals surface area (Å²) in [6.07, 6.45) is 9.64. The topological polar surface area (TPSA) is 83.5 Å². The molecule has 2 atom stereocenters. The lowest BCUT2D eigenvalue weighted by molar-refractivity contribution is -0.137. The molecular weight excluding hydrogens is 445 g/mol. The number of carboxylic acid groups (broad SMARTS) is 1. The van der Waals surface area contributed by atoms with Crippen LogP contribution < -0.4 is 4.72 Å². The van der Waals surface area contributed by atoms with Crippen LogP contribution in [-0.2, 0) is 14.8 Å². The van der Waals surface area contributed by atoms with Gasteiger partial charge in [-0.25, -0.2) is 13.1 Å². The monoisotopic (exact) mass is 467 g/mol. The summed E-state index contributed by atoms with van der Waals surface area (Å²) < 4.78 is 28.0. The summed E-state index contributed by atoms with van der Waals surface area (Å²) in [5.74, 6) is -0.362. The molecule has 1 aliphatic rings. The number of sulfonamides is 1. The fraction of sp³-hybridized carbons (Fsp3) is 0.526. The number of allylic oxidation sites excluding steroid dienone is 2. The van der Waals surface area contributed by atoms with Crippen LogP contribution in [0.4, 0.5) is 0 Å². The molecule has 0 amide bonds. The maximum absolute atomic E-state index is 12.7. The van der Waals surface area contributed by atoms with Crippen molar-refractivity contribution < 1.29 is 18.3 Å². The minimum atomic E-state index is -3.86. The van der Waals surface area contributed by atoms with Gasteiger partial charge in [0.2, 0.25) is 10.0 Å². The zero-order valence-electron chi connectivity index (χ0n) is 15.3. The minimum absolute atomic E-state index is 0.0106. The summed E-state index contributed by atoms with van der Waals surface area (Å²) in [6.45, 7) is 0.293. The number of hydrogen-bond donors (Lipinski definition) is 2. The Morgan fingerprint density at radius 2 is 1.82 bits per heavy atom. The highest BCUT2D eigenvalue weighted by Gasteiger charge is 2.27. The molecule has 5 nitrogen and oxygen atoms in total. The van der Waals surface area contributed by atoms with Crippen LogP contribution in [0.3, 0.4) is 0 Å². The summed E-state index contributed by atoms with van der Waals surface area (Å²) in [5.41, 5.74) is 0. The van der Waals surface area contributed by atoms with Gasteiger partial charge in [-0.15, -0.1) is 0 Å². The Labute approximate surface area is 181 Å². The third kappa shape index (κ3) is 6.92. The Hall–Kier alpha value is -0.790. The van der Waals surface area contributed by atoms with Crippen molar-refractivity contribution in [1.29, 1.82) is 0 Å². The first kappa shape index (κ1) is 23.5. The number of aliphatic carboxylic acids is 1. The van der Waals surface area contributed by atoms with E-state index in [1.54, 1.807) is 0 Å². The third-order valence-electron chi connectivity index (χ3n) is 4.88. The van der Waals surface area contributed by atoms with Crippen LogP contribution in [0.1, 0.15) is 44.9 Å². The molecule has 28 heavy (non-hydrogen) atoms. The molecule has 1 aliphatic carbocycles. The molecule has 0 spiro atoms. The molecule has 1 aromatic rings. The molecule has 0 aromatic heterocycles. The smallest absolute Gasteiger partial charge is 0.303 e. The van der Waals surface area contributed by atoms with Crippen molar-refractivity contribution in [2.45, 2.75) is 49.8 Å². The highest BCUT2D eigenvalue weighted by molar-refractivity contribution is 7.89. The second-order valence-corrected chi connectivity index (χ2v) is 9.93. The van der Waals surface area contributed by atoms with Crippen molar-refractivity contribution >= 4 is 50.8 Å². The fourth-order valence-corrected chi connectivity index (χ4v) is 6.10. The number of halogens is 3. The number of rotatable bonds is 9. The summed E-state index contributed by atoms with van der Waals surface area (Å²) in [4.78, 5) is 10.4. The molecule has 2 N–H and O–H groups in total. The lowest BCUT2D eigenvalue weighted by Gasteiger charge is -2.29. The lowest BCUT2D eigenvalue weighted by atomic mass is 9.79. The van der Waals surface area contributed by atoms with E-state index in [1.807, 2.05) is 6.08 Å².